The first kappa shape index (κ1) is 18.9. The van der Waals surface area contributed by atoms with Crippen LogP contribution >= 0.6 is 22.7 Å². The van der Waals surface area contributed by atoms with Crippen molar-refractivity contribution >= 4 is 54.6 Å². The lowest BCUT2D eigenvalue weighted by atomic mass is 9.96. The molecule has 0 spiro atoms. The Kier molecular flexibility index (Phi) is 4.78. The Labute approximate surface area is 184 Å². The Morgan fingerprint density at radius 2 is 1.57 bits per heavy atom. The van der Waals surface area contributed by atoms with Crippen molar-refractivity contribution in [2.45, 2.75) is 6.92 Å². The van der Waals surface area contributed by atoms with E-state index in [0.29, 0.717) is 0 Å². The van der Waals surface area contributed by atoms with Crippen molar-refractivity contribution in [3.05, 3.63) is 95.9 Å². The summed E-state index contributed by atoms with van der Waals surface area (Å²) in [4.78, 5) is 2.52. The van der Waals surface area contributed by atoms with Crippen LogP contribution in [0, 0.1) is 6.92 Å². The molecule has 0 atom stereocenters. The minimum Gasteiger partial charge on any atom is -0.390 e. The average molecular weight is 424 g/mol. The Hall–Kier alpha value is -3.14. The Bertz CT molecular complexity index is 1420. The molecule has 5 aromatic rings. The van der Waals surface area contributed by atoms with Crippen LogP contribution in [0.4, 0.5) is 5.00 Å². The molecule has 3 heteroatoms. The maximum absolute atomic E-state index is 6.65. The van der Waals surface area contributed by atoms with Gasteiger partial charge in [-0.05, 0) is 41.0 Å². The largest absolute Gasteiger partial charge is 0.390 e. The van der Waals surface area contributed by atoms with Gasteiger partial charge in [0.05, 0.1) is 5.00 Å². The van der Waals surface area contributed by atoms with Gasteiger partial charge in [0, 0.05) is 31.0 Å². The molecule has 0 bridgehead atoms. The maximum atomic E-state index is 6.65. The molecule has 0 saturated heterocycles. The molecule has 0 aliphatic heterocycles. The number of anilines is 1. The molecular weight excluding hydrogens is 402 g/mol. The minimum atomic E-state index is 0.873. The summed E-state index contributed by atoms with van der Waals surface area (Å²) < 4.78 is 1.23. The Morgan fingerprint density at radius 3 is 2.30 bits per heavy atom. The van der Waals surface area contributed by atoms with Gasteiger partial charge in [-0.25, -0.2) is 0 Å². The Balaban J connectivity index is 1.86. The third-order valence-corrected chi connectivity index (χ3v) is 7.52. The van der Waals surface area contributed by atoms with Crippen LogP contribution in [0.2, 0.25) is 0 Å². The zero-order chi connectivity index (χ0) is 20.7. The van der Waals surface area contributed by atoms with Gasteiger partial charge in [0.25, 0.3) is 0 Å². The van der Waals surface area contributed by atoms with E-state index in [2.05, 4.69) is 86.3 Å². The fraction of sp³-hybridized carbons (Fsp3) is 0.0370. The lowest BCUT2D eigenvalue weighted by Gasteiger charge is -2.08. The van der Waals surface area contributed by atoms with E-state index in [9.17, 15) is 0 Å². The standard InChI is InChI=1S/C27H21NS2/c1-3-4-14-21-17(2)29-26(24(21)18-10-6-5-7-11-18)25-22-15-19-12-8-9-13-20(19)16-23(22)30-27(25)28/h3-16H,1,28H2,2H3/b14-4-. The summed E-state index contributed by atoms with van der Waals surface area (Å²) in [6.45, 7) is 6.03. The van der Waals surface area contributed by atoms with Gasteiger partial charge in [-0.15, -0.1) is 22.7 Å². The summed E-state index contributed by atoms with van der Waals surface area (Å²) in [7, 11) is 0. The lowest BCUT2D eigenvalue weighted by molar-refractivity contribution is 1.57. The highest BCUT2D eigenvalue weighted by Gasteiger charge is 2.22. The van der Waals surface area contributed by atoms with Crippen LogP contribution in [0.3, 0.4) is 0 Å². The second-order valence-electron chi connectivity index (χ2n) is 7.27. The van der Waals surface area contributed by atoms with E-state index in [1.54, 1.807) is 11.3 Å². The summed E-state index contributed by atoms with van der Waals surface area (Å²) in [5.41, 5.74) is 11.5. The van der Waals surface area contributed by atoms with E-state index >= 15 is 0 Å². The number of nitrogens with two attached hydrogens (primary N) is 1. The first-order valence-electron chi connectivity index (χ1n) is 9.86. The van der Waals surface area contributed by atoms with E-state index < -0.39 is 0 Å². The number of benzene rings is 3. The highest BCUT2D eigenvalue weighted by Crippen LogP contribution is 2.50. The van der Waals surface area contributed by atoms with Crippen molar-refractivity contribution in [2.75, 3.05) is 5.73 Å². The van der Waals surface area contributed by atoms with Crippen molar-refractivity contribution in [3.63, 3.8) is 0 Å². The van der Waals surface area contributed by atoms with Crippen molar-refractivity contribution in [1.29, 1.82) is 0 Å². The number of hydrogen-bond acceptors (Lipinski definition) is 3. The van der Waals surface area contributed by atoms with Crippen molar-refractivity contribution < 1.29 is 0 Å². The molecule has 0 amide bonds. The van der Waals surface area contributed by atoms with E-state index in [4.69, 9.17) is 5.73 Å². The molecule has 30 heavy (non-hydrogen) atoms. The smallest absolute Gasteiger partial charge is 0.0957 e. The third-order valence-electron chi connectivity index (χ3n) is 5.40. The predicted molar refractivity (Wildman–Crippen MR) is 136 cm³/mol. The summed E-state index contributed by atoms with van der Waals surface area (Å²) in [6.07, 6.45) is 5.99. The van der Waals surface area contributed by atoms with E-state index in [1.807, 2.05) is 23.5 Å². The number of nitrogen functional groups attached to an aromatic ring is 1. The summed E-state index contributed by atoms with van der Waals surface area (Å²) in [5, 5.41) is 4.59. The van der Waals surface area contributed by atoms with Crippen molar-refractivity contribution in [1.82, 2.24) is 0 Å². The third kappa shape index (κ3) is 3.07. The first-order chi connectivity index (χ1) is 14.7. The van der Waals surface area contributed by atoms with Crippen molar-refractivity contribution in [2.24, 2.45) is 0 Å². The normalized spacial score (nSPS) is 11.6. The zero-order valence-corrected chi connectivity index (χ0v) is 18.3. The lowest BCUT2D eigenvalue weighted by Crippen LogP contribution is -1.86. The number of thiophene rings is 2. The van der Waals surface area contributed by atoms with E-state index in [-0.39, 0.29) is 0 Å². The van der Waals surface area contributed by atoms with Crippen LogP contribution in [-0.2, 0) is 0 Å². The fourth-order valence-electron chi connectivity index (χ4n) is 4.03. The molecule has 2 aromatic heterocycles. The van der Waals surface area contributed by atoms with Crippen LogP contribution < -0.4 is 5.73 Å². The highest BCUT2D eigenvalue weighted by molar-refractivity contribution is 7.24. The van der Waals surface area contributed by atoms with E-state index in [1.165, 1.54) is 47.3 Å². The molecule has 146 valence electrons. The van der Waals surface area contributed by atoms with Crippen LogP contribution in [0.5, 0.6) is 0 Å². The molecule has 0 unspecified atom stereocenters. The minimum absolute atomic E-state index is 0.873. The van der Waals surface area contributed by atoms with Gasteiger partial charge in [-0.3, -0.25) is 0 Å². The van der Waals surface area contributed by atoms with Crippen LogP contribution in [0.1, 0.15) is 10.4 Å². The summed E-state index contributed by atoms with van der Waals surface area (Å²) >= 11 is 3.50. The highest BCUT2D eigenvalue weighted by atomic mass is 32.1. The van der Waals surface area contributed by atoms with Gasteiger partial charge in [0.15, 0.2) is 0 Å². The monoisotopic (exact) mass is 423 g/mol. The number of aryl methyl sites for hydroxylation is 1. The second-order valence-corrected chi connectivity index (χ2v) is 9.58. The number of rotatable bonds is 4. The number of hydrogen-bond donors (Lipinski definition) is 1. The van der Waals surface area contributed by atoms with Crippen LogP contribution in [0.15, 0.2) is 85.5 Å². The van der Waals surface area contributed by atoms with Gasteiger partial charge in [0.2, 0.25) is 0 Å². The molecule has 5 rings (SSSR count). The quantitative estimate of drug-likeness (QED) is 0.288. The molecule has 0 saturated carbocycles. The van der Waals surface area contributed by atoms with Gasteiger partial charge in [-0.2, -0.15) is 0 Å². The van der Waals surface area contributed by atoms with Crippen LogP contribution in [-0.4, -0.2) is 0 Å². The summed E-state index contributed by atoms with van der Waals surface area (Å²) in [6, 6.07) is 23.6. The van der Waals surface area contributed by atoms with E-state index in [0.717, 1.165) is 10.6 Å². The summed E-state index contributed by atoms with van der Waals surface area (Å²) in [5.74, 6) is 0. The first-order valence-corrected chi connectivity index (χ1v) is 11.5. The molecule has 0 aliphatic carbocycles. The number of fused-ring (bicyclic) bond motifs is 2. The van der Waals surface area contributed by atoms with Gasteiger partial charge < -0.3 is 5.73 Å². The zero-order valence-electron chi connectivity index (χ0n) is 16.7. The maximum Gasteiger partial charge on any atom is 0.0957 e. The molecular formula is C27H21NS2. The van der Waals surface area contributed by atoms with Crippen molar-refractivity contribution in [3.8, 4) is 21.6 Å². The SMILES string of the molecule is C=C/C=C\c1c(C)sc(-c2c(N)sc3cc4ccccc4cc23)c1-c1ccccc1. The van der Waals surface area contributed by atoms with Crippen LogP contribution in [0.25, 0.3) is 48.5 Å². The Morgan fingerprint density at radius 1 is 0.867 bits per heavy atom. The number of allylic oxidation sites excluding steroid dienone is 2. The average Bonchev–Trinajstić information content (AvgIpc) is 3.25. The molecule has 0 radical (unpaired) electrons. The van der Waals surface area contributed by atoms with Gasteiger partial charge in [-0.1, -0.05) is 79.4 Å². The molecule has 0 fully saturated rings. The fourth-order valence-corrected chi connectivity index (χ4v) is 6.34. The molecule has 0 aliphatic rings. The molecule has 2 N–H and O–H groups in total. The van der Waals surface area contributed by atoms with Gasteiger partial charge >= 0.3 is 0 Å². The molecule has 1 nitrogen and oxygen atoms in total. The predicted octanol–water partition coefficient (Wildman–Crippen LogP) is 8.54. The molecule has 2 heterocycles. The topological polar surface area (TPSA) is 26.0 Å². The molecule has 3 aromatic carbocycles. The second kappa shape index (κ2) is 7.60. The van der Waals surface area contributed by atoms with Gasteiger partial charge in [0.1, 0.15) is 0 Å².